The van der Waals surface area contributed by atoms with Gasteiger partial charge in [0.1, 0.15) is 0 Å². The quantitative estimate of drug-likeness (QED) is 0.722. The highest BCUT2D eigenvalue weighted by atomic mass is 79.9. The molecule has 5 heteroatoms. The van der Waals surface area contributed by atoms with Crippen molar-refractivity contribution in [1.29, 1.82) is 0 Å². The first-order valence-electron chi connectivity index (χ1n) is 7.64. The van der Waals surface area contributed by atoms with Gasteiger partial charge in [-0.15, -0.1) is 0 Å². The summed E-state index contributed by atoms with van der Waals surface area (Å²) in [6.45, 7) is 2.92. The lowest BCUT2D eigenvalue weighted by molar-refractivity contribution is -0.116. The molecule has 0 atom stereocenters. The van der Waals surface area contributed by atoms with E-state index in [-0.39, 0.29) is 5.91 Å². The summed E-state index contributed by atoms with van der Waals surface area (Å²) in [5, 5.41) is 2.85. The van der Waals surface area contributed by atoms with Gasteiger partial charge in [-0.1, -0.05) is 40.2 Å². The molecule has 2 rings (SSSR count). The molecule has 4 nitrogen and oxygen atoms in total. The fraction of sp³-hybridized carbons (Fsp3) is 0.211. The minimum Gasteiger partial charge on any atom is -0.493 e. The normalized spacial score (nSPS) is 10.6. The molecule has 24 heavy (non-hydrogen) atoms. The number of ether oxygens (including phenoxy) is 2. The highest BCUT2D eigenvalue weighted by Gasteiger charge is 2.06. The average Bonchev–Trinajstić information content (AvgIpc) is 2.60. The molecule has 0 aliphatic rings. The highest BCUT2D eigenvalue weighted by molar-refractivity contribution is 9.10. The first-order valence-corrected chi connectivity index (χ1v) is 8.43. The molecule has 0 aliphatic heterocycles. The second-order valence-corrected chi connectivity index (χ2v) is 5.85. The van der Waals surface area contributed by atoms with Crippen LogP contribution >= 0.6 is 15.9 Å². The van der Waals surface area contributed by atoms with Crippen molar-refractivity contribution in [2.45, 2.75) is 13.5 Å². The predicted octanol–water partition coefficient (Wildman–Crippen LogP) is 4.19. The van der Waals surface area contributed by atoms with Crippen molar-refractivity contribution in [3.05, 3.63) is 64.1 Å². The van der Waals surface area contributed by atoms with Gasteiger partial charge in [0.15, 0.2) is 11.5 Å². The molecule has 0 aliphatic carbocycles. The maximum Gasteiger partial charge on any atom is 0.244 e. The van der Waals surface area contributed by atoms with E-state index >= 15 is 0 Å². The molecule has 0 aromatic heterocycles. The largest absolute Gasteiger partial charge is 0.493 e. The van der Waals surface area contributed by atoms with Crippen molar-refractivity contribution in [3.63, 3.8) is 0 Å². The maximum atomic E-state index is 12.0. The zero-order valence-electron chi connectivity index (χ0n) is 13.7. The predicted molar refractivity (Wildman–Crippen MR) is 99.2 cm³/mol. The summed E-state index contributed by atoms with van der Waals surface area (Å²) < 4.78 is 11.7. The first-order chi connectivity index (χ1) is 11.6. The van der Waals surface area contributed by atoms with Gasteiger partial charge in [0.25, 0.3) is 0 Å². The summed E-state index contributed by atoms with van der Waals surface area (Å²) in [6, 6.07) is 13.3. The number of rotatable bonds is 7. The Kier molecular flexibility index (Phi) is 6.88. The topological polar surface area (TPSA) is 47.6 Å². The van der Waals surface area contributed by atoms with Gasteiger partial charge in [-0.05, 0) is 42.3 Å². The maximum absolute atomic E-state index is 12.0. The zero-order chi connectivity index (χ0) is 17.4. The molecule has 2 aromatic rings. The van der Waals surface area contributed by atoms with E-state index in [0.29, 0.717) is 24.7 Å². The van der Waals surface area contributed by atoms with Gasteiger partial charge in [-0.2, -0.15) is 0 Å². The number of carbonyl (C=O) groups is 1. The van der Waals surface area contributed by atoms with Crippen molar-refractivity contribution in [2.24, 2.45) is 0 Å². The third-order valence-electron chi connectivity index (χ3n) is 3.31. The number of nitrogens with one attached hydrogen (secondary N) is 1. The van der Waals surface area contributed by atoms with Gasteiger partial charge < -0.3 is 14.8 Å². The molecular formula is C19H20BrNO3. The van der Waals surface area contributed by atoms with E-state index in [1.165, 1.54) is 6.08 Å². The van der Waals surface area contributed by atoms with Crippen LogP contribution in [-0.2, 0) is 11.3 Å². The molecule has 1 amide bonds. The van der Waals surface area contributed by atoms with Crippen molar-refractivity contribution in [1.82, 2.24) is 5.32 Å². The van der Waals surface area contributed by atoms with Crippen LogP contribution in [0.5, 0.6) is 11.5 Å². The van der Waals surface area contributed by atoms with Gasteiger partial charge >= 0.3 is 0 Å². The second-order valence-electron chi connectivity index (χ2n) is 4.99. The van der Waals surface area contributed by atoms with E-state index in [1.807, 2.05) is 49.4 Å². The van der Waals surface area contributed by atoms with Crippen LogP contribution in [0.1, 0.15) is 18.1 Å². The Hall–Kier alpha value is -2.27. The van der Waals surface area contributed by atoms with E-state index in [0.717, 1.165) is 15.6 Å². The van der Waals surface area contributed by atoms with E-state index < -0.39 is 0 Å². The molecule has 0 saturated carbocycles. The lowest BCUT2D eigenvalue weighted by Gasteiger charge is -2.11. The molecule has 0 bridgehead atoms. The summed E-state index contributed by atoms with van der Waals surface area (Å²) in [7, 11) is 1.60. The van der Waals surface area contributed by atoms with Crippen LogP contribution in [0, 0.1) is 0 Å². The summed E-state index contributed by atoms with van der Waals surface area (Å²) in [5.41, 5.74) is 1.90. The van der Waals surface area contributed by atoms with Crippen LogP contribution in [-0.4, -0.2) is 19.6 Å². The number of hydrogen-bond acceptors (Lipinski definition) is 3. The number of hydrogen-bond donors (Lipinski definition) is 1. The van der Waals surface area contributed by atoms with E-state index in [9.17, 15) is 4.79 Å². The smallest absolute Gasteiger partial charge is 0.244 e. The fourth-order valence-electron chi connectivity index (χ4n) is 2.12. The van der Waals surface area contributed by atoms with Gasteiger partial charge in [-0.25, -0.2) is 0 Å². The Bertz CT molecular complexity index is 728. The fourth-order valence-corrected chi connectivity index (χ4v) is 2.54. The van der Waals surface area contributed by atoms with Gasteiger partial charge in [0.05, 0.1) is 13.7 Å². The van der Waals surface area contributed by atoms with Crippen LogP contribution < -0.4 is 14.8 Å². The zero-order valence-corrected chi connectivity index (χ0v) is 15.3. The summed E-state index contributed by atoms with van der Waals surface area (Å²) in [5.74, 6) is 1.20. The van der Waals surface area contributed by atoms with Crippen molar-refractivity contribution in [2.75, 3.05) is 13.7 Å². The molecule has 0 heterocycles. The van der Waals surface area contributed by atoms with E-state index in [2.05, 4.69) is 21.2 Å². The minimum absolute atomic E-state index is 0.154. The molecular weight excluding hydrogens is 370 g/mol. The molecule has 0 unspecified atom stereocenters. The summed E-state index contributed by atoms with van der Waals surface area (Å²) in [6.07, 6.45) is 3.30. The Morgan fingerprint density at radius 2 is 2.00 bits per heavy atom. The SMILES string of the molecule is CCOc1ccc(CNC(=O)/C=C/c2ccccc2Br)cc1OC. The molecule has 0 saturated heterocycles. The van der Waals surface area contributed by atoms with Crippen LogP contribution in [0.2, 0.25) is 0 Å². The molecule has 0 spiro atoms. The molecule has 126 valence electrons. The molecule has 0 radical (unpaired) electrons. The van der Waals surface area contributed by atoms with Crippen molar-refractivity contribution < 1.29 is 14.3 Å². The second kappa shape index (κ2) is 9.13. The Balaban J connectivity index is 1.95. The number of halogens is 1. The third kappa shape index (κ3) is 5.13. The van der Waals surface area contributed by atoms with E-state index in [1.54, 1.807) is 13.2 Å². The van der Waals surface area contributed by atoms with Crippen LogP contribution in [0.4, 0.5) is 0 Å². The van der Waals surface area contributed by atoms with E-state index in [4.69, 9.17) is 9.47 Å². The Labute approximate surface area is 150 Å². The van der Waals surface area contributed by atoms with Crippen molar-refractivity contribution in [3.8, 4) is 11.5 Å². The van der Waals surface area contributed by atoms with Crippen molar-refractivity contribution >= 4 is 27.9 Å². The third-order valence-corrected chi connectivity index (χ3v) is 4.04. The van der Waals surface area contributed by atoms with Crippen LogP contribution in [0.15, 0.2) is 53.0 Å². The monoisotopic (exact) mass is 389 g/mol. The lowest BCUT2D eigenvalue weighted by atomic mass is 10.2. The van der Waals surface area contributed by atoms with Gasteiger partial charge in [-0.3, -0.25) is 4.79 Å². The number of benzene rings is 2. The van der Waals surface area contributed by atoms with Gasteiger partial charge in [0.2, 0.25) is 5.91 Å². The minimum atomic E-state index is -0.154. The Morgan fingerprint density at radius 3 is 2.71 bits per heavy atom. The molecule has 0 fully saturated rings. The average molecular weight is 390 g/mol. The Morgan fingerprint density at radius 1 is 1.21 bits per heavy atom. The standard InChI is InChI=1S/C19H20BrNO3/c1-3-24-17-10-8-14(12-18(17)23-2)13-21-19(22)11-9-15-6-4-5-7-16(15)20/h4-12H,3,13H2,1-2H3,(H,21,22)/b11-9+. The van der Waals surface area contributed by atoms with Crippen LogP contribution in [0.25, 0.3) is 6.08 Å². The first kappa shape index (κ1) is 18.1. The summed E-state index contributed by atoms with van der Waals surface area (Å²) in [4.78, 5) is 12.0. The number of carbonyl (C=O) groups excluding carboxylic acids is 1. The highest BCUT2D eigenvalue weighted by Crippen LogP contribution is 2.27. The summed E-state index contributed by atoms with van der Waals surface area (Å²) >= 11 is 3.45. The number of amides is 1. The molecule has 1 N–H and O–H groups in total. The van der Waals surface area contributed by atoms with Crippen LogP contribution in [0.3, 0.4) is 0 Å². The molecule has 2 aromatic carbocycles. The number of methoxy groups -OCH3 is 1. The lowest BCUT2D eigenvalue weighted by Crippen LogP contribution is -2.20. The van der Waals surface area contributed by atoms with Gasteiger partial charge in [0, 0.05) is 17.1 Å².